The molecule has 0 radical (unpaired) electrons. The molecule has 4 heteroatoms. The van der Waals surface area contributed by atoms with E-state index < -0.39 is 12.0 Å². The van der Waals surface area contributed by atoms with Gasteiger partial charge < -0.3 is 15.6 Å². The minimum Gasteiger partial charge on any atom is -0.468 e. The van der Waals surface area contributed by atoms with Crippen molar-refractivity contribution < 1.29 is 14.6 Å². The summed E-state index contributed by atoms with van der Waals surface area (Å²) in [5.74, 6) is -0.471. The average Bonchev–Trinajstić information content (AvgIpc) is 2.27. The van der Waals surface area contributed by atoms with Crippen molar-refractivity contribution in [1.82, 2.24) is 0 Å². The van der Waals surface area contributed by atoms with Crippen molar-refractivity contribution in [2.75, 3.05) is 7.11 Å². The molecule has 1 aromatic carbocycles. The van der Waals surface area contributed by atoms with Crippen LogP contribution in [0, 0.1) is 0 Å². The maximum Gasteiger partial charge on any atom is 0.327 e. The largest absolute Gasteiger partial charge is 0.468 e. The van der Waals surface area contributed by atoms with E-state index >= 15 is 0 Å². The van der Waals surface area contributed by atoms with Gasteiger partial charge in [0, 0.05) is 0 Å². The highest BCUT2D eigenvalue weighted by atomic mass is 16.5. The minimum absolute atomic E-state index is 0.0201. The summed E-state index contributed by atoms with van der Waals surface area (Å²) in [6.07, 6.45) is 0. The fraction of sp³-hybridized carbons (Fsp3) is 0.300. The molecule has 1 rings (SSSR count). The van der Waals surface area contributed by atoms with Crippen molar-refractivity contribution in [1.29, 1.82) is 0 Å². The van der Waals surface area contributed by atoms with Crippen molar-refractivity contribution in [2.45, 2.75) is 12.6 Å². The molecule has 14 heavy (non-hydrogen) atoms. The second-order valence-electron chi connectivity index (χ2n) is 2.90. The van der Waals surface area contributed by atoms with Crippen LogP contribution in [0.2, 0.25) is 0 Å². The maximum absolute atomic E-state index is 11.1. The van der Waals surface area contributed by atoms with E-state index in [-0.39, 0.29) is 6.61 Å². The third kappa shape index (κ3) is 2.31. The number of hydrogen-bond donors (Lipinski definition) is 2. The highest BCUT2D eigenvalue weighted by Gasteiger charge is 2.15. The number of rotatable bonds is 3. The Morgan fingerprint density at radius 3 is 2.50 bits per heavy atom. The first-order chi connectivity index (χ1) is 6.69. The number of aliphatic hydroxyl groups is 1. The molecule has 0 aromatic heterocycles. The zero-order valence-corrected chi connectivity index (χ0v) is 7.93. The lowest BCUT2D eigenvalue weighted by Gasteiger charge is -2.09. The Hall–Kier alpha value is -1.39. The minimum atomic E-state index is -0.757. The molecule has 0 aliphatic rings. The molecule has 0 unspecified atom stereocenters. The molecular weight excluding hydrogens is 182 g/mol. The fourth-order valence-corrected chi connectivity index (χ4v) is 1.09. The van der Waals surface area contributed by atoms with Crippen LogP contribution in [0.5, 0.6) is 0 Å². The standard InChI is InChI=1S/C10H13NO3/c1-14-10(13)9(11)8-4-2-7(6-12)3-5-8/h2-5,9,12H,6,11H2,1H3/t9-/m1/s1. The van der Waals surface area contributed by atoms with Gasteiger partial charge in [0.2, 0.25) is 0 Å². The van der Waals surface area contributed by atoms with Crippen molar-refractivity contribution in [2.24, 2.45) is 5.73 Å². The van der Waals surface area contributed by atoms with E-state index in [1.165, 1.54) is 7.11 Å². The van der Waals surface area contributed by atoms with Crippen LogP contribution in [0.1, 0.15) is 17.2 Å². The molecule has 0 spiro atoms. The summed E-state index contributed by atoms with van der Waals surface area (Å²) in [5.41, 5.74) is 7.06. The van der Waals surface area contributed by atoms with E-state index in [1.54, 1.807) is 24.3 Å². The predicted octanol–water partition coefficient (Wildman–Crippen LogP) is 0.352. The quantitative estimate of drug-likeness (QED) is 0.683. The third-order valence-corrected chi connectivity index (χ3v) is 1.98. The molecule has 0 amide bonds. The van der Waals surface area contributed by atoms with Crippen LogP contribution in [0.3, 0.4) is 0 Å². The van der Waals surface area contributed by atoms with Crippen LogP contribution in [0.25, 0.3) is 0 Å². The summed E-state index contributed by atoms with van der Waals surface area (Å²) in [6, 6.07) is 6.09. The number of aliphatic hydroxyl groups excluding tert-OH is 1. The molecule has 4 nitrogen and oxygen atoms in total. The first-order valence-electron chi connectivity index (χ1n) is 4.22. The van der Waals surface area contributed by atoms with Crippen LogP contribution in [-0.4, -0.2) is 18.2 Å². The van der Waals surface area contributed by atoms with Crippen LogP contribution >= 0.6 is 0 Å². The Morgan fingerprint density at radius 1 is 1.50 bits per heavy atom. The van der Waals surface area contributed by atoms with Gasteiger partial charge in [0.25, 0.3) is 0 Å². The van der Waals surface area contributed by atoms with E-state index in [2.05, 4.69) is 4.74 Å². The molecule has 3 N–H and O–H groups in total. The zero-order valence-electron chi connectivity index (χ0n) is 7.93. The van der Waals surface area contributed by atoms with E-state index in [9.17, 15) is 4.79 Å². The highest BCUT2D eigenvalue weighted by molar-refractivity contribution is 5.77. The van der Waals surface area contributed by atoms with Crippen LogP contribution in [0.4, 0.5) is 0 Å². The smallest absolute Gasteiger partial charge is 0.327 e. The Bertz CT molecular complexity index is 308. The molecule has 0 aliphatic heterocycles. The van der Waals surface area contributed by atoms with Gasteiger partial charge >= 0.3 is 5.97 Å². The summed E-state index contributed by atoms with van der Waals surface area (Å²) in [7, 11) is 1.30. The van der Waals surface area contributed by atoms with Gasteiger partial charge in [-0.15, -0.1) is 0 Å². The summed E-state index contributed by atoms with van der Waals surface area (Å²) in [6.45, 7) is -0.0201. The van der Waals surface area contributed by atoms with Gasteiger partial charge in [-0.1, -0.05) is 24.3 Å². The predicted molar refractivity (Wildman–Crippen MR) is 51.3 cm³/mol. The van der Waals surface area contributed by atoms with Crippen molar-refractivity contribution in [3.63, 3.8) is 0 Å². The van der Waals surface area contributed by atoms with Crippen LogP contribution in [0.15, 0.2) is 24.3 Å². The lowest BCUT2D eigenvalue weighted by molar-refractivity contribution is -0.142. The molecular formula is C10H13NO3. The Kier molecular flexibility index (Phi) is 3.62. The molecule has 1 atom stereocenters. The van der Waals surface area contributed by atoms with E-state index in [0.29, 0.717) is 5.56 Å². The van der Waals surface area contributed by atoms with Crippen LogP contribution < -0.4 is 5.73 Å². The Balaban J connectivity index is 2.81. The van der Waals surface area contributed by atoms with Crippen molar-refractivity contribution >= 4 is 5.97 Å². The van der Waals surface area contributed by atoms with Crippen molar-refractivity contribution in [3.8, 4) is 0 Å². The SMILES string of the molecule is COC(=O)[C@H](N)c1ccc(CO)cc1. The maximum atomic E-state index is 11.1. The molecule has 0 saturated carbocycles. The second-order valence-corrected chi connectivity index (χ2v) is 2.90. The summed E-state index contributed by atoms with van der Waals surface area (Å²) in [5, 5.41) is 8.80. The number of methoxy groups -OCH3 is 1. The number of benzene rings is 1. The molecule has 0 aliphatic carbocycles. The molecule has 0 fully saturated rings. The summed E-state index contributed by atoms with van der Waals surface area (Å²) >= 11 is 0. The number of nitrogens with two attached hydrogens (primary N) is 1. The van der Waals surface area contributed by atoms with Gasteiger partial charge in [-0.05, 0) is 11.1 Å². The zero-order chi connectivity index (χ0) is 10.6. The van der Waals surface area contributed by atoms with Gasteiger partial charge in [-0.3, -0.25) is 4.79 Å². The topological polar surface area (TPSA) is 72.5 Å². The van der Waals surface area contributed by atoms with E-state index in [4.69, 9.17) is 10.8 Å². The number of carbonyl (C=O) groups excluding carboxylic acids is 1. The third-order valence-electron chi connectivity index (χ3n) is 1.98. The summed E-state index contributed by atoms with van der Waals surface area (Å²) < 4.78 is 4.51. The van der Waals surface area contributed by atoms with Gasteiger partial charge in [-0.2, -0.15) is 0 Å². The first-order valence-corrected chi connectivity index (χ1v) is 4.22. The Labute approximate surface area is 82.3 Å². The van der Waals surface area contributed by atoms with Gasteiger partial charge in [-0.25, -0.2) is 0 Å². The monoisotopic (exact) mass is 195 g/mol. The Morgan fingerprint density at radius 2 is 2.07 bits per heavy atom. The van der Waals surface area contributed by atoms with Gasteiger partial charge in [0.1, 0.15) is 6.04 Å². The lowest BCUT2D eigenvalue weighted by atomic mass is 10.1. The number of carbonyl (C=O) groups is 1. The number of ether oxygens (including phenoxy) is 1. The summed E-state index contributed by atoms with van der Waals surface area (Å²) in [4.78, 5) is 11.1. The normalized spacial score (nSPS) is 12.2. The van der Waals surface area contributed by atoms with Gasteiger partial charge in [0.15, 0.2) is 0 Å². The highest BCUT2D eigenvalue weighted by Crippen LogP contribution is 2.12. The number of esters is 1. The van der Waals surface area contributed by atoms with E-state index in [0.717, 1.165) is 5.56 Å². The molecule has 0 bridgehead atoms. The average molecular weight is 195 g/mol. The van der Waals surface area contributed by atoms with Gasteiger partial charge in [0.05, 0.1) is 13.7 Å². The fourth-order valence-electron chi connectivity index (χ4n) is 1.09. The second kappa shape index (κ2) is 4.74. The van der Waals surface area contributed by atoms with E-state index in [1.807, 2.05) is 0 Å². The van der Waals surface area contributed by atoms with Crippen LogP contribution in [-0.2, 0) is 16.1 Å². The lowest BCUT2D eigenvalue weighted by Crippen LogP contribution is -2.22. The number of hydrogen-bond acceptors (Lipinski definition) is 4. The molecule has 76 valence electrons. The molecule has 0 saturated heterocycles. The van der Waals surface area contributed by atoms with Crippen molar-refractivity contribution in [3.05, 3.63) is 35.4 Å². The molecule has 1 aromatic rings. The first kappa shape index (κ1) is 10.7. The molecule has 0 heterocycles.